The maximum Gasteiger partial charge on any atom is 1.00 e. The SMILES string of the molecule is CCC[C@@H](N)C(=O)O.CCC[C@@H](NC(=O)Nc1ccc(Cl)s1)C(=O)Nc1ccc(N2CCOCC2=O)cc1.CCC[C@@H](NC(=O)Nc1ccc(Cl)s1)C(=O)O.Nc1ccc(N2CCOCC2=O)cc1.O=C=Nc1ccc(Cl)s1.O=CO[O-].[3H][B][3H].[N-]=[N+]=NC(=O)c1ccc(Cl)s1.[Na+].[U]. The standard InChI is InChI=1S/C20H23ClN4O4S.C10H13ClN2O3S.C10H12N2O2.C5H2ClN3OS.C5H2ClNOS.C5H11NO2.CH2O3.BH2.Na.U/c1-2-3-15(23-20(28)24-17-9-8-16(21)30-17)19(27)22-13-4-6-14(7-5-13)25-10-11-29-12-18(25)26;1-2-3-6(9(14)15)12-10(16)13-8-5-4-7(11)17-8;11-8-1-3-9(4-2-8)12-5-6-14-7-10(12)13;6-4-2-1-3(11-4)5(10)8-9-7;6-4-1-2-5(9-4)7-3-8;1-2-3-4(6)5(7)8;2-1-4-3;;;/h4-9,15H,2-3,10-12H2,1H3,(H,22,27)(H2,23,24,28);4-6H,2-3H2,1H3,(H,14,15)(H2,12,13,16);1-4H,5-7,11H2;1-2H;1-2H;4H,2-3,6H2,1H3,(H,7,8);1,3H;1H2;;/q;;;;;;;;+1;/p-1/t15-;6-;;;;4-;;;;/m11...1..../s1/i;;;;;;;1T2;;. The molecule has 0 unspecified atom stereocenters. The number of morpholine rings is 2. The molecule has 2 aliphatic heterocycles. The van der Waals surface area contributed by atoms with Gasteiger partial charge >= 0.3 is 53.6 Å². The molecule has 29 nitrogen and oxygen atoms in total. The monoisotopic (exact) mass is 1720 g/mol. The van der Waals surface area contributed by atoms with Crippen LogP contribution < -0.4 is 82.7 Å². The number of carboxylic acid groups (broad SMARTS) is 2. The molecule has 6 aromatic rings. The number of aliphatic carboxylic acids is 2. The third kappa shape index (κ3) is 38.1. The number of isocyanates is 1. The zero-order chi connectivity index (χ0) is 72.0. The van der Waals surface area contributed by atoms with Crippen molar-refractivity contribution in [2.45, 2.75) is 77.4 Å². The van der Waals surface area contributed by atoms with Gasteiger partial charge in [0.2, 0.25) is 12.0 Å². The summed E-state index contributed by atoms with van der Waals surface area (Å²) >= 11 is 27.4. The first-order valence-corrected chi connectivity index (χ1v) is 32.0. The van der Waals surface area contributed by atoms with Crippen LogP contribution in [0.15, 0.2) is 107 Å². The van der Waals surface area contributed by atoms with Crippen LogP contribution in [-0.2, 0) is 47.9 Å². The number of azide groups is 1. The normalized spacial score (nSPS) is 12.6. The number of nitrogens with one attached hydrogen (secondary N) is 5. The van der Waals surface area contributed by atoms with Crippen LogP contribution in [0.4, 0.5) is 47.3 Å². The van der Waals surface area contributed by atoms with Crippen LogP contribution in [0.2, 0.25) is 17.3 Å². The molecule has 0 saturated carbocycles. The molecule has 96 heavy (non-hydrogen) atoms. The zero-order valence-corrected chi connectivity index (χ0v) is 64.2. The van der Waals surface area contributed by atoms with E-state index in [1.807, 2.05) is 32.9 Å². The summed E-state index contributed by atoms with van der Waals surface area (Å²) in [5.41, 5.74) is 21.5. The van der Waals surface area contributed by atoms with Crippen molar-refractivity contribution < 1.29 is 138 Å². The Morgan fingerprint density at radius 3 is 1.53 bits per heavy atom. The van der Waals surface area contributed by atoms with Crippen molar-refractivity contribution in [2.24, 2.45) is 15.8 Å². The predicted molar refractivity (Wildman–Crippen MR) is 366 cm³/mol. The maximum atomic E-state index is 12.7. The maximum absolute atomic E-state index is 12.7. The van der Waals surface area contributed by atoms with Crippen molar-refractivity contribution in [3.8, 4) is 0 Å². The second kappa shape index (κ2) is 52.9. The Morgan fingerprint density at radius 1 is 0.729 bits per heavy atom. The number of urea groups is 2. The van der Waals surface area contributed by atoms with Crippen molar-refractivity contribution >= 4 is 198 Å². The predicted octanol–water partition coefficient (Wildman–Crippen LogP) is 7.04. The van der Waals surface area contributed by atoms with Crippen molar-refractivity contribution in [3.63, 3.8) is 0 Å². The van der Waals surface area contributed by atoms with Gasteiger partial charge in [0.15, 0.2) is 0 Å². The van der Waals surface area contributed by atoms with E-state index < -0.39 is 48.0 Å². The average Bonchev–Trinajstić information content (AvgIpc) is 1.32. The van der Waals surface area contributed by atoms with E-state index in [1.165, 1.54) is 46.2 Å². The minimum atomic E-state index is -1.04. The van der Waals surface area contributed by atoms with Gasteiger partial charge in [-0.15, -0.1) is 45.3 Å². The number of aliphatic imine (C=N–C) groups is 1. The molecule has 2 fully saturated rings. The second-order valence-corrected chi connectivity index (χ2v) is 24.9. The Kier molecular flexibility index (Phi) is 48.5. The summed E-state index contributed by atoms with van der Waals surface area (Å²) in [5, 5.41) is 43.3. The van der Waals surface area contributed by atoms with E-state index in [2.05, 4.69) is 46.5 Å². The number of benzene rings is 2. The minimum absolute atomic E-state index is 0. The quantitative estimate of drug-likeness (QED) is 0.00375. The van der Waals surface area contributed by atoms with E-state index in [9.17, 15) is 43.2 Å². The Labute approximate surface area is 637 Å². The van der Waals surface area contributed by atoms with Crippen LogP contribution >= 0.6 is 91.8 Å². The number of hydrogen-bond acceptors (Lipinski definition) is 21. The van der Waals surface area contributed by atoms with Gasteiger partial charge < -0.3 is 67.0 Å². The van der Waals surface area contributed by atoms with Crippen LogP contribution in [0.5, 0.6) is 0 Å². The van der Waals surface area contributed by atoms with Gasteiger partial charge in [-0.3, -0.25) is 39.4 Å². The molecule has 511 valence electrons. The Hall–Kier alpha value is -6.12. The molecule has 2 saturated heterocycles. The first-order chi connectivity index (χ1) is 45.8. The summed E-state index contributed by atoms with van der Waals surface area (Å²) in [6, 6.07) is 24.2. The van der Waals surface area contributed by atoms with Gasteiger partial charge in [-0.2, -0.15) is 4.99 Å². The number of amides is 8. The summed E-state index contributed by atoms with van der Waals surface area (Å²) in [6.45, 7) is 7.96. The number of thiophene rings is 4. The molecule has 6 heterocycles. The van der Waals surface area contributed by atoms with Crippen LogP contribution in [-0.4, -0.2) is 139 Å². The number of anilines is 6. The van der Waals surface area contributed by atoms with E-state index >= 15 is 0 Å². The fourth-order valence-corrected chi connectivity index (χ4v) is 10.7. The molecule has 4 aromatic heterocycles. The van der Waals surface area contributed by atoms with Crippen LogP contribution in [0.1, 0.15) is 69.0 Å². The smallest absolute Gasteiger partial charge is 0.662 e. The van der Waals surface area contributed by atoms with E-state index in [0.717, 1.165) is 35.6 Å². The van der Waals surface area contributed by atoms with Crippen molar-refractivity contribution in [3.05, 3.63) is 130 Å². The summed E-state index contributed by atoms with van der Waals surface area (Å²) < 4.78 is 23.9. The molecule has 3 atom stereocenters. The van der Waals surface area contributed by atoms with E-state index in [-0.39, 0.29) is 98.1 Å². The van der Waals surface area contributed by atoms with Crippen LogP contribution in [0.3, 0.4) is 0 Å². The van der Waals surface area contributed by atoms with Crippen LogP contribution in [0.25, 0.3) is 10.4 Å². The molecule has 11 N–H and O–H groups in total. The first kappa shape index (κ1) is 87.9. The molecule has 2 aliphatic rings. The Bertz CT molecular complexity index is 3500. The van der Waals surface area contributed by atoms with Gasteiger partial charge in [-0.25, -0.2) is 19.2 Å². The molecule has 40 heteroatoms. The first-order valence-electron chi connectivity index (χ1n) is 28.4. The number of ether oxygens (including phenoxy) is 2. The van der Waals surface area contributed by atoms with Gasteiger partial charge in [0, 0.05) is 71.9 Å². The number of nitrogens with zero attached hydrogens (tertiary/aromatic N) is 6. The summed E-state index contributed by atoms with van der Waals surface area (Å²) in [4.78, 5) is 122. The molecule has 1 radical (unpaired) electrons. The van der Waals surface area contributed by atoms with Crippen molar-refractivity contribution in [1.29, 1.82) is 2.67 Å². The van der Waals surface area contributed by atoms with Crippen LogP contribution in [0, 0.1) is 31.1 Å². The third-order valence-electron chi connectivity index (χ3n) is 11.2. The van der Waals surface area contributed by atoms with Gasteiger partial charge in [-0.1, -0.05) is 86.4 Å². The molecular weight excluding hydrogens is 1650 g/mol. The van der Waals surface area contributed by atoms with E-state index in [1.54, 1.807) is 88.7 Å². The van der Waals surface area contributed by atoms with Gasteiger partial charge in [0.25, 0.3) is 24.2 Å². The van der Waals surface area contributed by atoms with Crippen molar-refractivity contribution in [2.75, 3.05) is 71.0 Å². The number of nitrogens with two attached hydrogens (primary N) is 2. The number of carbonyl (C=O) groups is 9. The van der Waals surface area contributed by atoms with Gasteiger partial charge in [0.1, 0.15) is 36.3 Å². The van der Waals surface area contributed by atoms with E-state index in [0.29, 0.717) is 109 Å². The number of rotatable bonds is 19. The summed E-state index contributed by atoms with van der Waals surface area (Å²) in [7, 11) is 0.500. The largest absolute Gasteiger partial charge is 1.00 e. The number of carbonyl (C=O) groups excluding carboxylic acids is 8. The zero-order valence-electron chi connectivity index (χ0n) is 53.7. The Balaban J connectivity index is 0. The number of carboxylic acids is 2. The van der Waals surface area contributed by atoms with Crippen molar-refractivity contribution in [1.82, 2.24) is 10.6 Å². The number of nitrogen functional groups attached to an aromatic ring is 1. The molecule has 0 aliphatic carbocycles. The summed E-state index contributed by atoms with van der Waals surface area (Å²) in [6.07, 6.45) is 5.11. The fraction of sp³-hybridized carbons (Fsp3) is 0.321. The summed E-state index contributed by atoms with van der Waals surface area (Å²) in [5.74, 6) is -2.95. The topological polar surface area (TPSA) is 442 Å². The molecule has 0 bridgehead atoms. The molecular formula is C56H66BCl4N13NaO16S4U. The number of hydrogen-bond donors (Lipinski definition) is 9. The molecule has 8 rings (SSSR count). The van der Waals surface area contributed by atoms with Gasteiger partial charge in [-0.05, 0) is 130 Å². The molecule has 2 aromatic carbocycles. The number of halogens is 4. The Morgan fingerprint density at radius 2 is 1.17 bits per heavy atom. The molecule has 0 spiro atoms. The average molecular weight is 1720 g/mol. The van der Waals surface area contributed by atoms with Gasteiger partial charge in [0.05, 0.1) is 53.8 Å². The molecule has 8 amide bonds. The third-order valence-corrected chi connectivity index (χ3v) is 15.9. The van der Waals surface area contributed by atoms with E-state index in [4.69, 9.17) is 95.8 Å². The second-order valence-electron chi connectivity index (χ2n) is 18.1. The fourth-order valence-electron chi connectivity index (χ4n) is 7.03. The minimum Gasteiger partial charge on any atom is -0.662 e.